The number of rotatable bonds is 5. The molecule has 2 heterocycles. The van der Waals surface area contributed by atoms with Crippen LogP contribution in [0.25, 0.3) is 6.08 Å². The molecule has 1 aromatic heterocycles. The van der Waals surface area contributed by atoms with E-state index < -0.39 is 10.0 Å². The number of furan rings is 1. The lowest BCUT2D eigenvalue weighted by atomic mass is 10.3. The topological polar surface area (TPSA) is 70.8 Å². The average Bonchev–Trinajstić information content (AvgIpc) is 3.25. The first-order chi connectivity index (χ1) is 14.3. The second-order valence-electron chi connectivity index (χ2n) is 7.67. The summed E-state index contributed by atoms with van der Waals surface area (Å²) < 4.78 is 32.9. The third kappa shape index (κ3) is 4.30. The molecule has 0 N–H and O–H groups in total. The van der Waals surface area contributed by atoms with Crippen LogP contribution in [0.5, 0.6) is 0 Å². The van der Waals surface area contributed by atoms with Crippen LogP contribution in [-0.2, 0) is 14.8 Å². The third-order valence-electron chi connectivity index (χ3n) is 5.58. The second kappa shape index (κ2) is 8.38. The second-order valence-corrected chi connectivity index (χ2v) is 10.4. The normalized spacial score (nSPS) is 22.6. The van der Waals surface area contributed by atoms with Crippen molar-refractivity contribution in [2.75, 3.05) is 26.2 Å². The van der Waals surface area contributed by atoms with Crippen molar-refractivity contribution in [3.8, 4) is 0 Å². The highest BCUT2D eigenvalue weighted by Crippen LogP contribution is 2.47. The summed E-state index contributed by atoms with van der Waals surface area (Å²) in [6.45, 7) is 3.11. The van der Waals surface area contributed by atoms with Crippen LogP contribution in [-0.4, -0.2) is 49.7 Å². The maximum absolute atomic E-state index is 12.9. The molecule has 30 heavy (non-hydrogen) atoms. The number of carbonyl (C=O) groups is 1. The summed E-state index contributed by atoms with van der Waals surface area (Å²) in [7, 11) is -3.83. The predicted octanol–water partition coefficient (Wildman–Crippen LogP) is 4.26. The Bertz CT molecular complexity index is 1070. The van der Waals surface area contributed by atoms with Crippen LogP contribution >= 0.6 is 23.2 Å². The smallest absolute Gasteiger partial charge is 0.246 e. The van der Waals surface area contributed by atoms with Gasteiger partial charge >= 0.3 is 0 Å². The van der Waals surface area contributed by atoms with Crippen LogP contribution in [0.15, 0.2) is 45.7 Å². The molecule has 0 bridgehead atoms. The summed E-state index contributed by atoms with van der Waals surface area (Å²) in [5.74, 6) is 2.58. The molecule has 0 radical (unpaired) electrons. The van der Waals surface area contributed by atoms with Gasteiger partial charge in [-0.2, -0.15) is 4.31 Å². The minimum atomic E-state index is -3.83. The molecule has 1 aliphatic carbocycles. The van der Waals surface area contributed by atoms with Gasteiger partial charge in [0.05, 0.1) is 10.0 Å². The van der Waals surface area contributed by atoms with E-state index in [1.165, 1.54) is 22.5 Å². The Kier molecular flexibility index (Phi) is 5.99. The van der Waals surface area contributed by atoms with Gasteiger partial charge in [0.2, 0.25) is 15.9 Å². The summed E-state index contributed by atoms with van der Waals surface area (Å²) in [5, 5.41) is 0.171. The van der Waals surface area contributed by atoms with Gasteiger partial charge in [-0.25, -0.2) is 8.42 Å². The number of hydrogen-bond donors (Lipinski definition) is 0. The Hall–Kier alpha value is -1.80. The molecule has 1 saturated carbocycles. The van der Waals surface area contributed by atoms with Gasteiger partial charge in [-0.1, -0.05) is 36.2 Å². The van der Waals surface area contributed by atoms with Gasteiger partial charge < -0.3 is 9.32 Å². The molecule has 6 nitrogen and oxygen atoms in total. The molecule has 2 aromatic rings. The fourth-order valence-corrected chi connectivity index (χ4v) is 6.16. The van der Waals surface area contributed by atoms with E-state index in [9.17, 15) is 13.2 Å². The van der Waals surface area contributed by atoms with Gasteiger partial charge in [-0.3, -0.25) is 4.79 Å². The van der Waals surface area contributed by atoms with E-state index in [2.05, 4.69) is 6.92 Å². The number of benzene rings is 1. The molecule has 1 aromatic carbocycles. The summed E-state index contributed by atoms with van der Waals surface area (Å²) in [6, 6.07) is 8.41. The summed E-state index contributed by atoms with van der Waals surface area (Å²) in [6.07, 6.45) is 4.27. The minimum Gasteiger partial charge on any atom is -0.461 e. The Balaban J connectivity index is 1.37. The lowest BCUT2D eigenvalue weighted by Crippen LogP contribution is -2.50. The fourth-order valence-electron chi connectivity index (χ4n) is 3.64. The Morgan fingerprint density at radius 2 is 1.73 bits per heavy atom. The monoisotopic (exact) mass is 468 g/mol. The van der Waals surface area contributed by atoms with Crippen LogP contribution in [0.2, 0.25) is 10.0 Å². The number of halogens is 2. The third-order valence-corrected chi connectivity index (χ3v) is 8.43. The van der Waals surface area contributed by atoms with E-state index in [1.54, 1.807) is 17.0 Å². The average molecular weight is 469 g/mol. The molecule has 1 saturated heterocycles. The molecule has 0 spiro atoms. The first kappa shape index (κ1) is 21.4. The quantitative estimate of drug-likeness (QED) is 0.614. The van der Waals surface area contributed by atoms with Crippen molar-refractivity contribution in [3.05, 3.63) is 58.0 Å². The van der Waals surface area contributed by atoms with E-state index in [0.29, 0.717) is 17.6 Å². The van der Waals surface area contributed by atoms with Crippen LogP contribution in [0.1, 0.15) is 30.8 Å². The van der Waals surface area contributed by atoms with Crippen molar-refractivity contribution >= 4 is 45.2 Å². The number of sulfonamides is 1. The molecule has 1 aliphatic heterocycles. The zero-order valence-electron chi connectivity index (χ0n) is 16.4. The highest BCUT2D eigenvalue weighted by Gasteiger charge is 2.36. The highest BCUT2D eigenvalue weighted by molar-refractivity contribution is 7.89. The SMILES string of the molecule is CC1CC1c1ccc(/C=C/C(=O)N2CCN(S(=O)(=O)c3c(Cl)cccc3Cl)CC2)o1. The van der Waals surface area contributed by atoms with Crippen molar-refractivity contribution in [3.63, 3.8) is 0 Å². The van der Waals surface area contributed by atoms with Gasteiger partial charge in [-0.05, 0) is 42.7 Å². The number of piperazine rings is 1. The van der Waals surface area contributed by atoms with Crippen LogP contribution in [0, 0.1) is 5.92 Å². The predicted molar refractivity (Wildman–Crippen MR) is 116 cm³/mol. The molecule has 2 atom stereocenters. The lowest BCUT2D eigenvalue weighted by molar-refractivity contribution is -0.127. The summed E-state index contributed by atoms with van der Waals surface area (Å²) in [4.78, 5) is 14.0. The van der Waals surface area contributed by atoms with Crippen molar-refractivity contribution < 1.29 is 17.6 Å². The van der Waals surface area contributed by atoms with Crippen LogP contribution in [0.3, 0.4) is 0 Å². The van der Waals surface area contributed by atoms with Crippen LogP contribution in [0.4, 0.5) is 0 Å². The first-order valence-corrected chi connectivity index (χ1v) is 12.0. The molecule has 2 unspecified atom stereocenters. The van der Waals surface area contributed by atoms with E-state index in [4.69, 9.17) is 27.6 Å². The number of hydrogen-bond acceptors (Lipinski definition) is 4. The molecular formula is C21H22Cl2N2O4S. The number of carbonyl (C=O) groups excluding carboxylic acids is 1. The highest BCUT2D eigenvalue weighted by atomic mass is 35.5. The Morgan fingerprint density at radius 1 is 1.10 bits per heavy atom. The minimum absolute atomic E-state index is 0.0855. The van der Waals surface area contributed by atoms with Gasteiger partial charge in [0, 0.05) is 38.2 Å². The van der Waals surface area contributed by atoms with E-state index in [0.717, 1.165) is 12.2 Å². The fraction of sp³-hybridized carbons (Fsp3) is 0.381. The molecule has 2 aliphatic rings. The summed E-state index contributed by atoms with van der Waals surface area (Å²) in [5.41, 5.74) is 0. The Morgan fingerprint density at radius 3 is 2.33 bits per heavy atom. The number of amides is 1. The van der Waals surface area contributed by atoms with Gasteiger partial charge in [0.25, 0.3) is 0 Å². The van der Waals surface area contributed by atoms with Crippen molar-refractivity contribution in [2.24, 2.45) is 5.92 Å². The van der Waals surface area contributed by atoms with Crippen molar-refractivity contribution in [1.29, 1.82) is 0 Å². The van der Waals surface area contributed by atoms with Crippen molar-refractivity contribution in [1.82, 2.24) is 9.21 Å². The first-order valence-electron chi connectivity index (χ1n) is 9.78. The zero-order chi connectivity index (χ0) is 21.5. The van der Waals surface area contributed by atoms with E-state index in [1.807, 2.05) is 12.1 Å². The maximum atomic E-state index is 12.9. The van der Waals surface area contributed by atoms with E-state index in [-0.39, 0.29) is 47.0 Å². The molecule has 2 fully saturated rings. The van der Waals surface area contributed by atoms with E-state index >= 15 is 0 Å². The molecule has 1 amide bonds. The van der Waals surface area contributed by atoms with Gasteiger partial charge in [-0.15, -0.1) is 0 Å². The zero-order valence-corrected chi connectivity index (χ0v) is 18.8. The number of nitrogens with zero attached hydrogens (tertiary/aromatic N) is 2. The Labute approximate surface area is 186 Å². The maximum Gasteiger partial charge on any atom is 0.246 e. The molecule has 160 valence electrons. The molecule has 9 heteroatoms. The largest absolute Gasteiger partial charge is 0.461 e. The lowest BCUT2D eigenvalue weighted by Gasteiger charge is -2.33. The van der Waals surface area contributed by atoms with Crippen LogP contribution < -0.4 is 0 Å². The standard InChI is InChI=1S/C21H22Cl2N2O4S/c1-14-13-16(14)19-7-5-15(29-19)6-8-20(26)24-9-11-25(12-10-24)30(27,28)21-17(22)3-2-4-18(21)23/h2-8,14,16H,9-13H2,1H3/b8-6+. The molecular weight excluding hydrogens is 447 g/mol. The van der Waals surface area contributed by atoms with Gasteiger partial charge in [0.1, 0.15) is 16.4 Å². The summed E-state index contributed by atoms with van der Waals surface area (Å²) >= 11 is 12.1. The van der Waals surface area contributed by atoms with Crippen molar-refractivity contribution in [2.45, 2.75) is 24.2 Å². The van der Waals surface area contributed by atoms with Gasteiger partial charge in [0.15, 0.2) is 0 Å². The molecule has 4 rings (SSSR count).